The van der Waals surface area contributed by atoms with Gasteiger partial charge in [0, 0.05) is 25.2 Å². The first-order valence-corrected chi connectivity index (χ1v) is 6.23. The van der Waals surface area contributed by atoms with Crippen molar-refractivity contribution in [3.8, 4) is 0 Å². The Morgan fingerprint density at radius 2 is 2.32 bits per heavy atom. The maximum absolute atomic E-state index is 11.8. The number of amides is 1. The number of aromatic nitrogens is 1. The molecule has 5 nitrogen and oxygen atoms in total. The van der Waals surface area contributed by atoms with Crippen LogP contribution in [0.1, 0.15) is 12.3 Å². The van der Waals surface area contributed by atoms with Crippen LogP contribution in [-0.4, -0.2) is 40.1 Å². The molecule has 3 rings (SSSR count). The van der Waals surface area contributed by atoms with Crippen LogP contribution >= 0.6 is 0 Å². The predicted octanol–water partition coefficient (Wildman–Crippen LogP) is 1.43. The second kappa shape index (κ2) is 4.85. The molecule has 1 aliphatic heterocycles. The number of carbonyl (C=O) groups excluding carboxylic acids is 1. The summed E-state index contributed by atoms with van der Waals surface area (Å²) >= 11 is 0. The van der Waals surface area contributed by atoms with Crippen molar-refractivity contribution in [2.75, 3.05) is 13.1 Å². The van der Waals surface area contributed by atoms with E-state index in [0.717, 1.165) is 5.52 Å². The Bertz CT molecular complexity index is 599. The molecule has 1 aliphatic rings. The molecular formula is C14H14N2O3. The lowest BCUT2D eigenvalue weighted by Gasteiger charge is -2.11. The van der Waals surface area contributed by atoms with Gasteiger partial charge in [0.1, 0.15) is 5.52 Å². The number of hydrogen-bond donors (Lipinski definition) is 1. The van der Waals surface area contributed by atoms with Crippen LogP contribution in [0.2, 0.25) is 0 Å². The predicted molar refractivity (Wildman–Crippen MR) is 70.2 cm³/mol. The summed E-state index contributed by atoms with van der Waals surface area (Å²) in [4.78, 5) is 17.7. The van der Waals surface area contributed by atoms with Gasteiger partial charge in [-0.1, -0.05) is 12.1 Å². The molecule has 19 heavy (non-hydrogen) atoms. The fourth-order valence-electron chi connectivity index (χ4n) is 2.15. The fourth-order valence-corrected chi connectivity index (χ4v) is 2.15. The average molecular weight is 258 g/mol. The zero-order valence-electron chi connectivity index (χ0n) is 10.3. The van der Waals surface area contributed by atoms with Crippen LogP contribution in [-0.2, 0) is 4.79 Å². The minimum Gasteiger partial charge on any atom is -0.437 e. The minimum absolute atomic E-state index is 0.126. The fraction of sp³-hybridized carbons (Fsp3) is 0.286. The van der Waals surface area contributed by atoms with E-state index in [-0.39, 0.29) is 5.91 Å². The topological polar surface area (TPSA) is 66.6 Å². The van der Waals surface area contributed by atoms with Gasteiger partial charge in [0.15, 0.2) is 5.58 Å². The van der Waals surface area contributed by atoms with E-state index in [1.165, 1.54) is 6.08 Å². The Morgan fingerprint density at radius 3 is 3.05 bits per heavy atom. The zero-order chi connectivity index (χ0) is 13.2. The van der Waals surface area contributed by atoms with E-state index in [0.29, 0.717) is 31.0 Å². The van der Waals surface area contributed by atoms with Gasteiger partial charge in [-0.25, -0.2) is 4.98 Å². The first kappa shape index (κ1) is 11.9. The van der Waals surface area contributed by atoms with Gasteiger partial charge in [0.2, 0.25) is 11.8 Å². The number of rotatable bonds is 2. The van der Waals surface area contributed by atoms with Crippen molar-refractivity contribution in [2.24, 2.45) is 0 Å². The quantitative estimate of drug-likeness (QED) is 0.828. The molecule has 0 saturated carbocycles. The molecule has 1 N–H and O–H groups in total. The summed E-state index contributed by atoms with van der Waals surface area (Å²) in [6.07, 6.45) is 3.24. The summed E-state index contributed by atoms with van der Waals surface area (Å²) in [6.45, 7) is 0.995. The number of likely N-dealkylation sites (tertiary alicyclic amines) is 1. The lowest BCUT2D eigenvalue weighted by molar-refractivity contribution is -0.125. The number of benzene rings is 1. The highest BCUT2D eigenvalue weighted by Crippen LogP contribution is 2.16. The smallest absolute Gasteiger partial charge is 0.246 e. The average Bonchev–Trinajstić information content (AvgIpc) is 3.01. The van der Waals surface area contributed by atoms with E-state index in [9.17, 15) is 9.90 Å². The van der Waals surface area contributed by atoms with Crippen molar-refractivity contribution in [3.05, 3.63) is 36.2 Å². The van der Waals surface area contributed by atoms with Gasteiger partial charge in [-0.2, -0.15) is 0 Å². The summed E-state index contributed by atoms with van der Waals surface area (Å²) in [7, 11) is 0. The zero-order valence-corrected chi connectivity index (χ0v) is 10.3. The van der Waals surface area contributed by atoms with E-state index in [1.807, 2.05) is 24.3 Å². The summed E-state index contributed by atoms with van der Waals surface area (Å²) < 4.78 is 5.48. The number of carbonyl (C=O) groups is 1. The van der Waals surface area contributed by atoms with Crippen LogP contribution < -0.4 is 0 Å². The molecule has 0 aliphatic carbocycles. The van der Waals surface area contributed by atoms with Crippen LogP contribution in [0.25, 0.3) is 17.2 Å². The van der Waals surface area contributed by atoms with Gasteiger partial charge >= 0.3 is 0 Å². The lowest BCUT2D eigenvalue weighted by atomic mass is 10.3. The number of hydrogen-bond acceptors (Lipinski definition) is 4. The molecule has 2 aromatic rings. The highest BCUT2D eigenvalue weighted by Gasteiger charge is 2.22. The van der Waals surface area contributed by atoms with Crippen molar-refractivity contribution in [3.63, 3.8) is 0 Å². The Morgan fingerprint density at radius 1 is 1.47 bits per heavy atom. The van der Waals surface area contributed by atoms with Crippen molar-refractivity contribution in [1.29, 1.82) is 0 Å². The Labute approximate surface area is 110 Å². The third-order valence-corrected chi connectivity index (χ3v) is 3.15. The third-order valence-electron chi connectivity index (χ3n) is 3.15. The number of oxazole rings is 1. The second-order valence-electron chi connectivity index (χ2n) is 4.58. The summed E-state index contributed by atoms with van der Waals surface area (Å²) in [5.41, 5.74) is 1.47. The van der Waals surface area contributed by atoms with Crippen molar-refractivity contribution >= 4 is 23.1 Å². The number of aliphatic hydroxyl groups excluding tert-OH is 1. The molecule has 1 aromatic carbocycles. The Kier molecular flexibility index (Phi) is 3.05. The maximum atomic E-state index is 11.8. The lowest BCUT2D eigenvalue weighted by Crippen LogP contribution is -2.27. The van der Waals surface area contributed by atoms with E-state index in [2.05, 4.69) is 4.98 Å². The first-order chi connectivity index (χ1) is 9.22. The third kappa shape index (κ3) is 2.51. The van der Waals surface area contributed by atoms with Gasteiger partial charge in [0.05, 0.1) is 6.10 Å². The number of aliphatic hydroxyl groups is 1. The molecule has 0 radical (unpaired) electrons. The van der Waals surface area contributed by atoms with Crippen LogP contribution in [0, 0.1) is 0 Å². The van der Waals surface area contributed by atoms with Gasteiger partial charge in [0.25, 0.3) is 0 Å². The van der Waals surface area contributed by atoms with Gasteiger partial charge in [-0.05, 0) is 18.6 Å². The summed E-state index contributed by atoms with van der Waals surface area (Å²) in [6, 6.07) is 7.44. The molecule has 98 valence electrons. The van der Waals surface area contributed by atoms with Crippen molar-refractivity contribution < 1.29 is 14.3 Å². The van der Waals surface area contributed by atoms with E-state index in [4.69, 9.17) is 4.42 Å². The van der Waals surface area contributed by atoms with Crippen LogP contribution in [0.5, 0.6) is 0 Å². The standard InChI is InChI=1S/C14H14N2O3/c17-10-7-8-16(9-10)14(18)6-5-13-15-11-3-1-2-4-12(11)19-13/h1-6,10,17H,7-9H2/t10-/m1/s1. The molecule has 1 amide bonds. The molecule has 1 saturated heterocycles. The van der Waals surface area contributed by atoms with Gasteiger partial charge in [-0.3, -0.25) is 4.79 Å². The molecule has 1 fully saturated rings. The maximum Gasteiger partial charge on any atom is 0.246 e. The SMILES string of the molecule is O=C(C=Cc1nc2ccccc2o1)N1CC[C@@H](O)C1. The van der Waals surface area contributed by atoms with Gasteiger partial charge in [-0.15, -0.1) is 0 Å². The van der Waals surface area contributed by atoms with Crippen molar-refractivity contribution in [2.45, 2.75) is 12.5 Å². The Hall–Kier alpha value is -2.14. The highest BCUT2D eigenvalue weighted by molar-refractivity contribution is 5.91. The van der Waals surface area contributed by atoms with Gasteiger partial charge < -0.3 is 14.4 Å². The molecule has 0 unspecified atom stereocenters. The summed E-state index contributed by atoms with van der Waals surface area (Å²) in [5, 5.41) is 9.38. The number of para-hydroxylation sites is 2. The van der Waals surface area contributed by atoms with E-state index in [1.54, 1.807) is 11.0 Å². The van der Waals surface area contributed by atoms with Crippen LogP contribution in [0.3, 0.4) is 0 Å². The van der Waals surface area contributed by atoms with Crippen LogP contribution in [0.4, 0.5) is 0 Å². The van der Waals surface area contributed by atoms with E-state index < -0.39 is 6.10 Å². The molecular weight excluding hydrogens is 244 g/mol. The molecule has 0 bridgehead atoms. The Balaban J connectivity index is 1.73. The molecule has 1 aromatic heterocycles. The molecule has 1 atom stereocenters. The first-order valence-electron chi connectivity index (χ1n) is 6.23. The van der Waals surface area contributed by atoms with Crippen LogP contribution in [0.15, 0.2) is 34.8 Å². The van der Waals surface area contributed by atoms with Crippen molar-refractivity contribution in [1.82, 2.24) is 9.88 Å². The largest absolute Gasteiger partial charge is 0.437 e. The molecule has 5 heteroatoms. The second-order valence-corrected chi connectivity index (χ2v) is 4.58. The number of nitrogens with zero attached hydrogens (tertiary/aromatic N) is 2. The molecule has 2 heterocycles. The minimum atomic E-state index is -0.401. The normalized spacial score (nSPS) is 19.6. The molecule has 0 spiro atoms. The summed E-state index contributed by atoms with van der Waals surface area (Å²) in [5.74, 6) is 0.285. The van der Waals surface area contributed by atoms with E-state index >= 15 is 0 Å². The monoisotopic (exact) mass is 258 g/mol. The number of fused-ring (bicyclic) bond motifs is 1. The number of β-amino-alcohol motifs (C(OH)–C–C–N with tert-alkyl or cyclic N) is 1. The highest BCUT2D eigenvalue weighted by atomic mass is 16.3.